The van der Waals surface area contributed by atoms with E-state index in [9.17, 15) is 13.2 Å². The number of thiazole rings is 1. The van der Waals surface area contributed by atoms with Gasteiger partial charge in [0.15, 0.2) is 9.84 Å². The van der Waals surface area contributed by atoms with Crippen molar-refractivity contribution in [3.05, 3.63) is 39.3 Å². The Kier molecular flexibility index (Phi) is 6.09. The normalized spacial score (nSPS) is 15.2. The van der Waals surface area contributed by atoms with Gasteiger partial charge >= 0.3 is 0 Å². The van der Waals surface area contributed by atoms with Crippen LogP contribution in [0.2, 0.25) is 0 Å². The van der Waals surface area contributed by atoms with E-state index in [1.807, 2.05) is 20.8 Å². The summed E-state index contributed by atoms with van der Waals surface area (Å²) in [7, 11) is -3.43. The molecule has 0 fully saturated rings. The highest BCUT2D eigenvalue weighted by atomic mass is 32.2. The lowest BCUT2D eigenvalue weighted by atomic mass is 10.0. The van der Waals surface area contributed by atoms with Crippen molar-refractivity contribution in [1.29, 1.82) is 0 Å². The molecule has 1 aliphatic rings. The van der Waals surface area contributed by atoms with Gasteiger partial charge in [0.2, 0.25) is 0 Å². The number of hydrogen-bond donors (Lipinski definition) is 1. The molecule has 1 aromatic carbocycles. The van der Waals surface area contributed by atoms with Crippen molar-refractivity contribution in [1.82, 2.24) is 10.3 Å². The number of ether oxygens (including phenoxy) is 1. The zero-order valence-electron chi connectivity index (χ0n) is 16.6. The largest absolute Gasteiger partial charge is 0.490 e. The molecule has 152 valence electrons. The van der Waals surface area contributed by atoms with Gasteiger partial charge in [-0.25, -0.2) is 13.4 Å². The molecule has 0 bridgehead atoms. The number of aromatic nitrogens is 1. The third kappa shape index (κ3) is 4.72. The van der Waals surface area contributed by atoms with Crippen LogP contribution in [0.4, 0.5) is 0 Å². The van der Waals surface area contributed by atoms with E-state index in [0.29, 0.717) is 5.75 Å². The van der Waals surface area contributed by atoms with Crippen molar-refractivity contribution in [2.75, 3.05) is 6.26 Å². The standard InChI is InChI=1S/C20H26N2O4S2/c1-12(2)26-17-10-9-14(28(4,24)25)11-15(17)19(23)21-13(3)20-22-16-7-5-6-8-18(16)27-20/h9-13H,5-8H2,1-4H3,(H,21,23). The summed E-state index contributed by atoms with van der Waals surface area (Å²) in [5, 5.41) is 3.83. The number of fused-ring (bicyclic) bond motifs is 1. The van der Waals surface area contributed by atoms with E-state index in [-0.39, 0.29) is 28.5 Å². The maximum Gasteiger partial charge on any atom is 0.255 e. The summed E-state index contributed by atoms with van der Waals surface area (Å²) in [6, 6.07) is 4.11. The first-order valence-electron chi connectivity index (χ1n) is 9.45. The summed E-state index contributed by atoms with van der Waals surface area (Å²) >= 11 is 1.65. The minimum atomic E-state index is -3.43. The van der Waals surface area contributed by atoms with Crippen LogP contribution in [-0.4, -0.2) is 31.7 Å². The quantitative estimate of drug-likeness (QED) is 0.767. The topological polar surface area (TPSA) is 85.4 Å². The van der Waals surface area contributed by atoms with E-state index < -0.39 is 9.84 Å². The van der Waals surface area contributed by atoms with Gasteiger partial charge in [-0.1, -0.05) is 0 Å². The molecular formula is C20H26N2O4S2. The average molecular weight is 423 g/mol. The van der Waals surface area contributed by atoms with E-state index in [1.54, 1.807) is 11.3 Å². The Hall–Kier alpha value is -1.93. The number of carbonyl (C=O) groups excluding carboxylic acids is 1. The minimum absolute atomic E-state index is 0.0890. The number of carbonyl (C=O) groups is 1. The van der Waals surface area contributed by atoms with Crippen LogP contribution in [0.25, 0.3) is 0 Å². The molecule has 28 heavy (non-hydrogen) atoms. The fraction of sp³-hybridized carbons (Fsp3) is 0.500. The number of nitrogens with one attached hydrogen (secondary N) is 1. The summed E-state index contributed by atoms with van der Waals surface area (Å²) in [6.45, 7) is 5.61. The summed E-state index contributed by atoms with van der Waals surface area (Å²) in [5.74, 6) is -0.00708. The number of rotatable bonds is 6. The number of benzene rings is 1. The van der Waals surface area contributed by atoms with Crippen LogP contribution >= 0.6 is 11.3 Å². The van der Waals surface area contributed by atoms with E-state index in [4.69, 9.17) is 9.72 Å². The lowest BCUT2D eigenvalue weighted by molar-refractivity contribution is 0.0933. The van der Waals surface area contributed by atoms with Crippen molar-refractivity contribution in [2.24, 2.45) is 0 Å². The van der Waals surface area contributed by atoms with Crippen molar-refractivity contribution in [3.8, 4) is 5.75 Å². The number of sulfone groups is 1. The van der Waals surface area contributed by atoms with Crippen LogP contribution in [0.1, 0.15) is 65.6 Å². The minimum Gasteiger partial charge on any atom is -0.490 e. The average Bonchev–Trinajstić information content (AvgIpc) is 3.04. The van der Waals surface area contributed by atoms with Gasteiger partial charge < -0.3 is 10.1 Å². The van der Waals surface area contributed by atoms with Crippen molar-refractivity contribution in [2.45, 2.75) is 63.5 Å². The number of nitrogens with zero attached hydrogens (tertiary/aromatic N) is 1. The van der Waals surface area contributed by atoms with Crippen LogP contribution in [-0.2, 0) is 22.7 Å². The molecule has 1 N–H and O–H groups in total. The Balaban J connectivity index is 1.86. The van der Waals surface area contributed by atoms with Crippen LogP contribution in [0, 0.1) is 0 Å². The zero-order valence-corrected chi connectivity index (χ0v) is 18.2. The van der Waals surface area contributed by atoms with Crippen molar-refractivity contribution < 1.29 is 17.9 Å². The fourth-order valence-corrected chi connectivity index (χ4v) is 4.97. The van der Waals surface area contributed by atoms with Crippen molar-refractivity contribution in [3.63, 3.8) is 0 Å². The number of hydrogen-bond acceptors (Lipinski definition) is 6. The zero-order chi connectivity index (χ0) is 20.5. The Morgan fingerprint density at radius 1 is 1.21 bits per heavy atom. The first kappa shape index (κ1) is 20.8. The Labute approximate surface area is 170 Å². The van der Waals surface area contributed by atoms with Crippen molar-refractivity contribution >= 4 is 27.1 Å². The second-order valence-corrected chi connectivity index (χ2v) is 10.6. The van der Waals surface area contributed by atoms with E-state index >= 15 is 0 Å². The highest BCUT2D eigenvalue weighted by molar-refractivity contribution is 7.90. The first-order chi connectivity index (χ1) is 13.1. The maximum absolute atomic E-state index is 12.9. The van der Waals surface area contributed by atoms with Crippen LogP contribution < -0.4 is 10.1 Å². The predicted octanol–water partition coefficient (Wildman–Crippen LogP) is 3.70. The maximum atomic E-state index is 12.9. The van der Waals surface area contributed by atoms with Gasteiger partial charge in [0.1, 0.15) is 10.8 Å². The molecule has 1 aromatic heterocycles. The van der Waals surface area contributed by atoms with Gasteiger partial charge in [0.25, 0.3) is 5.91 Å². The van der Waals surface area contributed by atoms with Gasteiger partial charge in [-0.05, 0) is 64.7 Å². The van der Waals surface area contributed by atoms with Gasteiger partial charge in [0.05, 0.1) is 28.3 Å². The summed E-state index contributed by atoms with van der Waals surface area (Å²) in [5.41, 5.74) is 1.36. The van der Waals surface area contributed by atoms with Gasteiger partial charge in [0, 0.05) is 11.1 Å². The Bertz CT molecular complexity index is 957. The molecule has 0 saturated carbocycles. The molecule has 1 aliphatic carbocycles. The molecule has 0 saturated heterocycles. The number of amides is 1. The molecule has 8 heteroatoms. The summed E-state index contributed by atoms with van der Waals surface area (Å²) in [4.78, 5) is 19.0. The highest BCUT2D eigenvalue weighted by Crippen LogP contribution is 2.30. The van der Waals surface area contributed by atoms with Crippen LogP contribution in [0.5, 0.6) is 5.75 Å². The third-order valence-corrected chi connectivity index (χ3v) is 7.02. The Morgan fingerprint density at radius 3 is 2.57 bits per heavy atom. The second-order valence-electron chi connectivity index (χ2n) is 7.42. The van der Waals surface area contributed by atoms with E-state index in [0.717, 1.165) is 36.2 Å². The molecule has 0 radical (unpaired) electrons. The third-order valence-electron chi connectivity index (χ3n) is 4.57. The molecule has 1 unspecified atom stereocenters. The van der Waals surface area contributed by atoms with Crippen LogP contribution in [0.3, 0.4) is 0 Å². The SMILES string of the molecule is CC(C)Oc1ccc(S(C)(=O)=O)cc1C(=O)NC(C)c1nc2c(s1)CCCC2. The molecule has 6 nitrogen and oxygen atoms in total. The monoisotopic (exact) mass is 422 g/mol. The summed E-state index contributed by atoms with van der Waals surface area (Å²) < 4.78 is 29.6. The van der Waals surface area contributed by atoms with E-state index in [1.165, 1.54) is 29.5 Å². The lowest BCUT2D eigenvalue weighted by Gasteiger charge is -2.17. The lowest BCUT2D eigenvalue weighted by Crippen LogP contribution is -2.27. The molecule has 2 aromatic rings. The Morgan fingerprint density at radius 2 is 1.93 bits per heavy atom. The summed E-state index contributed by atoms with van der Waals surface area (Å²) in [6.07, 6.45) is 5.37. The second kappa shape index (κ2) is 8.21. The molecule has 0 spiro atoms. The van der Waals surface area contributed by atoms with Gasteiger partial charge in [-0.2, -0.15) is 0 Å². The number of aryl methyl sites for hydroxylation is 2. The predicted molar refractivity (Wildman–Crippen MR) is 110 cm³/mol. The highest BCUT2D eigenvalue weighted by Gasteiger charge is 2.23. The van der Waals surface area contributed by atoms with E-state index in [2.05, 4.69) is 5.32 Å². The molecule has 1 heterocycles. The molecular weight excluding hydrogens is 396 g/mol. The fourth-order valence-electron chi connectivity index (χ4n) is 3.17. The molecule has 1 amide bonds. The molecule has 1 atom stereocenters. The van der Waals surface area contributed by atoms with Crippen LogP contribution in [0.15, 0.2) is 23.1 Å². The first-order valence-corrected chi connectivity index (χ1v) is 12.2. The molecule has 3 rings (SSSR count). The smallest absolute Gasteiger partial charge is 0.255 e. The van der Waals surface area contributed by atoms with Gasteiger partial charge in [-0.15, -0.1) is 11.3 Å². The molecule has 0 aliphatic heterocycles. The van der Waals surface area contributed by atoms with Gasteiger partial charge in [-0.3, -0.25) is 4.79 Å².